The van der Waals surface area contributed by atoms with Gasteiger partial charge in [-0.3, -0.25) is 9.78 Å². The minimum Gasteiger partial charge on any atom is -0.464 e. The van der Waals surface area contributed by atoms with Crippen LogP contribution in [0.25, 0.3) is 0 Å². The zero-order valence-corrected chi connectivity index (χ0v) is 12.4. The Morgan fingerprint density at radius 1 is 1.40 bits per heavy atom. The highest BCUT2D eigenvalue weighted by molar-refractivity contribution is 6.29. The van der Waals surface area contributed by atoms with E-state index in [0.29, 0.717) is 6.54 Å². The van der Waals surface area contributed by atoms with Crippen molar-refractivity contribution in [2.75, 3.05) is 0 Å². The van der Waals surface area contributed by atoms with Crippen LogP contribution in [0.1, 0.15) is 35.9 Å². The quantitative estimate of drug-likeness (QED) is 0.869. The van der Waals surface area contributed by atoms with Crippen molar-refractivity contribution in [1.29, 1.82) is 0 Å². The Bertz CT molecular complexity index is 610. The van der Waals surface area contributed by atoms with Crippen LogP contribution in [0.3, 0.4) is 0 Å². The molecular formula is C14H16ClN3O2. The Kier molecular flexibility index (Phi) is 4.39. The standard InChI is InChI=1S/C14H16ClN3O2/c1-9(2)18(8-11-5-4-10(3)20-11)14(19)12-6-16-7-13(15)17-12/h4-7,9H,8H2,1-3H3. The van der Waals surface area contributed by atoms with E-state index in [-0.39, 0.29) is 22.8 Å². The Morgan fingerprint density at radius 2 is 2.15 bits per heavy atom. The molecule has 0 aliphatic carbocycles. The van der Waals surface area contributed by atoms with Gasteiger partial charge in [0, 0.05) is 6.04 Å². The number of halogens is 1. The zero-order chi connectivity index (χ0) is 14.7. The largest absolute Gasteiger partial charge is 0.464 e. The first-order valence-corrected chi connectivity index (χ1v) is 6.69. The van der Waals surface area contributed by atoms with Gasteiger partial charge in [0.05, 0.1) is 18.9 Å². The number of rotatable bonds is 4. The molecule has 0 unspecified atom stereocenters. The van der Waals surface area contributed by atoms with Crippen molar-refractivity contribution in [1.82, 2.24) is 14.9 Å². The van der Waals surface area contributed by atoms with Crippen molar-refractivity contribution in [3.05, 3.63) is 46.9 Å². The molecule has 0 N–H and O–H groups in total. The summed E-state index contributed by atoms with van der Waals surface area (Å²) in [7, 11) is 0. The Morgan fingerprint density at radius 3 is 2.70 bits per heavy atom. The van der Waals surface area contributed by atoms with Crippen LogP contribution in [-0.4, -0.2) is 26.8 Å². The van der Waals surface area contributed by atoms with E-state index < -0.39 is 0 Å². The van der Waals surface area contributed by atoms with Gasteiger partial charge < -0.3 is 9.32 Å². The molecule has 0 bridgehead atoms. The van der Waals surface area contributed by atoms with E-state index in [1.165, 1.54) is 12.4 Å². The van der Waals surface area contributed by atoms with Gasteiger partial charge in [-0.2, -0.15) is 0 Å². The summed E-state index contributed by atoms with van der Waals surface area (Å²) in [5.41, 5.74) is 0.231. The van der Waals surface area contributed by atoms with E-state index in [9.17, 15) is 4.79 Å². The second-order valence-electron chi connectivity index (χ2n) is 4.77. The smallest absolute Gasteiger partial charge is 0.274 e. The molecule has 2 aromatic rings. The fourth-order valence-corrected chi connectivity index (χ4v) is 1.97. The number of carbonyl (C=O) groups is 1. The molecule has 1 amide bonds. The first-order valence-electron chi connectivity index (χ1n) is 6.31. The van der Waals surface area contributed by atoms with E-state index in [4.69, 9.17) is 16.0 Å². The highest BCUT2D eigenvalue weighted by Crippen LogP contribution is 2.15. The fourth-order valence-electron chi connectivity index (χ4n) is 1.82. The summed E-state index contributed by atoms with van der Waals surface area (Å²) in [5, 5.41) is 0.202. The molecule has 0 atom stereocenters. The van der Waals surface area contributed by atoms with Crippen molar-refractivity contribution in [2.24, 2.45) is 0 Å². The van der Waals surface area contributed by atoms with Crippen LogP contribution in [0, 0.1) is 6.92 Å². The van der Waals surface area contributed by atoms with Gasteiger partial charge in [-0.05, 0) is 32.9 Å². The summed E-state index contributed by atoms with van der Waals surface area (Å²) in [4.78, 5) is 22.0. The highest BCUT2D eigenvalue weighted by Gasteiger charge is 2.22. The zero-order valence-electron chi connectivity index (χ0n) is 11.6. The topological polar surface area (TPSA) is 59.2 Å². The molecule has 0 saturated carbocycles. The van der Waals surface area contributed by atoms with Crippen LogP contribution in [0.5, 0.6) is 0 Å². The van der Waals surface area contributed by atoms with Crippen molar-refractivity contribution >= 4 is 17.5 Å². The molecule has 2 aromatic heterocycles. The summed E-state index contributed by atoms with van der Waals surface area (Å²) >= 11 is 5.77. The van der Waals surface area contributed by atoms with Crippen molar-refractivity contribution in [3.8, 4) is 0 Å². The molecule has 106 valence electrons. The lowest BCUT2D eigenvalue weighted by Gasteiger charge is -2.25. The van der Waals surface area contributed by atoms with Crippen LogP contribution in [0.15, 0.2) is 28.9 Å². The lowest BCUT2D eigenvalue weighted by Crippen LogP contribution is -2.36. The monoisotopic (exact) mass is 293 g/mol. The highest BCUT2D eigenvalue weighted by atomic mass is 35.5. The summed E-state index contributed by atoms with van der Waals surface area (Å²) in [5.74, 6) is 1.34. The molecule has 0 aliphatic heterocycles. The molecule has 20 heavy (non-hydrogen) atoms. The predicted octanol–water partition coefficient (Wildman–Crippen LogP) is 3.08. The number of hydrogen-bond acceptors (Lipinski definition) is 4. The minimum atomic E-state index is -0.218. The van der Waals surface area contributed by atoms with E-state index in [2.05, 4.69) is 9.97 Å². The van der Waals surface area contributed by atoms with E-state index >= 15 is 0 Å². The number of nitrogens with zero attached hydrogens (tertiary/aromatic N) is 3. The average molecular weight is 294 g/mol. The van der Waals surface area contributed by atoms with E-state index in [0.717, 1.165) is 11.5 Å². The van der Waals surface area contributed by atoms with E-state index in [1.807, 2.05) is 32.9 Å². The third-order valence-corrected chi connectivity index (χ3v) is 3.01. The maximum Gasteiger partial charge on any atom is 0.274 e. The summed E-state index contributed by atoms with van der Waals surface area (Å²) in [6.45, 7) is 6.13. The Hall–Kier alpha value is -1.88. The third kappa shape index (κ3) is 3.36. The van der Waals surface area contributed by atoms with Crippen molar-refractivity contribution in [2.45, 2.75) is 33.4 Å². The van der Waals surface area contributed by atoms with Gasteiger partial charge in [0.1, 0.15) is 22.4 Å². The number of hydrogen-bond donors (Lipinski definition) is 0. The van der Waals surface area contributed by atoms with Crippen LogP contribution in [0.4, 0.5) is 0 Å². The summed E-state index contributed by atoms with van der Waals surface area (Å²) in [6, 6.07) is 3.74. The van der Waals surface area contributed by atoms with Crippen molar-refractivity contribution in [3.63, 3.8) is 0 Å². The van der Waals surface area contributed by atoms with Gasteiger partial charge in [0.25, 0.3) is 5.91 Å². The van der Waals surface area contributed by atoms with Gasteiger partial charge in [-0.1, -0.05) is 11.6 Å². The first-order chi connectivity index (χ1) is 9.47. The normalized spacial score (nSPS) is 10.8. The molecule has 0 spiro atoms. The lowest BCUT2D eigenvalue weighted by atomic mass is 10.2. The molecule has 0 saturated heterocycles. The van der Waals surface area contributed by atoms with Gasteiger partial charge in [-0.15, -0.1) is 0 Å². The van der Waals surface area contributed by atoms with Gasteiger partial charge in [-0.25, -0.2) is 4.98 Å². The van der Waals surface area contributed by atoms with Gasteiger partial charge in [0.15, 0.2) is 0 Å². The minimum absolute atomic E-state index is 0.00804. The molecule has 0 fully saturated rings. The second kappa shape index (κ2) is 6.05. The maximum absolute atomic E-state index is 12.5. The van der Waals surface area contributed by atoms with Crippen LogP contribution < -0.4 is 0 Å². The predicted molar refractivity (Wildman–Crippen MR) is 75.5 cm³/mol. The molecule has 0 radical (unpaired) electrons. The molecule has 2 heterocycles. The van der Waals surface area contributed by atoms with Gasteiger partial charge >= 0.3 is 0 Å². The van der Waals surface area contributed by atoms with Crippen LogP contribution >= 0.6 is 11.6 Å². The number of aryl methyl sites for hydroxylation is 1. The first kappa shape index (κ1) is 14.5. The van der Waals surface area contributed by atoms with Crippen LogP contribution in [0.2, 0.25) is 5.15 Å². The number of furan rings is 1. The number of carbonyl (C=O) groups excluding carboxylic acids is 1. The molecule has 2 rings (SSSR count). The SMILES string of the molecule is Cc1ccc(CN(C(=O)c2cncc(Cl)n2)C(C)C)o1. The number of aromatic nitrogens is 2. The molecule has 0 aliphatic rings. The van der Waals surface area contributed by atoms with Gasteiger partial charge in [0.2, 0.25) is 0 Å². The average Bonchev–Trinajstić information content (AvgIpc) is 2.80. The molecule has 6 heteroatoms. The molecule has 5 nitrogen and oxygen atoms in total. The maximum atomic E-state index is 12.5. The molecule has 0 aromatic carbocycles. The molecular weight excluding hydrogens is 278 g/mol. The summed E-state index contributed by atoms with van der Waals surface area (Å²) < 4.78 is 5.52. The number of amides is 1. The van der Waals surface area contributed by atoms with E-state index in [1.54, 1.807) is 4.90 Å². The fraction of sp³-hybridized carbons (Fsp3) is 0.357. The Labute approximate surface area is 122 Å². The lowest BCUT2D eigenvalue weighted by molar-refractivity contribution is 0.0668. The summed E-state index contributed by atoms with van der Waals surface area (Å²) in [6.07, 6.45) is 2.81. The second-order valence-corrected chi connectivity index (χ2v) is 5.15. The van der Waals surface area contributed by atoms with Crippen molar-refractivity contribution < 1.29 is 9.21 Å². The Balaban J connectivity index is 2.22. The third-order valence-electron chi connectivity index (χ3n) is 2.83. The van der Waals surface area contributed by atoms with Crippen LogP contribution in [-0.2, 0) is 6.54 Å².